The highest BCUT2D eigenvalue weighted by atomic mass is 35.5. The monoisotopic (exact) mass is 331 g/mol. The van der Waals surface area contributed by atoms with Crippen molar-refractivity contribution in [2.24, 2.45) is 0 Å². The summed E-state index contributed by atoms with van der Waals surface area (Å²) in [4.78, 5) is 16.5. The van der Waals surface area contributed by atoms with Gasteiger partial charge in [0.15, 0.2) is 0 Å². The minimum absolute atomic E-state index is 0.314. The number of urea groups is 1. The first-order valence-electron chi connectivity index (χ1n) is 6.72. The first kappa shape index (κ1) is 14.8. The molecular weight excluding hydrogens is 318 g/mol. The van der Waals surface area contributed by atoms with E-state index >= 15 is 0 Å². The molecule has 0 aliphatic carbocycles. The molecule has 0 atom stereocenters. The second-order valence-corrected chi connectivity index (χ2v) is 6.60. The van der Waals surface area contributed by atoms with Crippen molar-refractivity contribution in [3.63, 3.8) is 0 Å². The summed E-state index contributed by atoms with van der Waals surface area (Å²) in [5.41, 5.74) is 3.21. The van der Waals surface area contributed by atoms with Gasteiger partial charge < -0.3 is 10.6 Å². The van der Waals surface area contributed by atoms with E-state index in [9.17, 15) is 4.79 Å². The summed E-state index contributed by atoms with van der Waals surface area (Å²) in [5, 5.41) is 7.18. The van der Waals surface area contributed by atoms with Crippen LogP contribution in [0.15, 0.2) is 36.4 Å². The number of hydrogen-bond donors (Lipinski definition) is 2. The lowest BCUT2D eigenvalue weighted by molar-refractivity contribution is 0.262. The molecular formula is C16H14ClN3OS. The lowest BCUT2D eigenvalue weighted by atomic mass is 10.2. The van der Waals surface area contributed by atoms with Crippen LogP contribution in [0.3, 0.4) is 0 Å². The van der Waals surface area contributed by atoms with Gasteiger partial charge >= 0.3 is 6.03 Å². The lowest BCUT2D eigenvalue weighted by Crippen LogP contribution is -2.19. The van der Waals surface area contributed by atoms with Crippen LogP contribution in [0.5, 0.6) is 0 Å². The summed E-state index contributed by atoms with van der Waals surface area (Å²) in [6.45, 7) is 3.88. The Morgan fingerprint density at radius 3 is 2.50 bits per heavy atom. The summed E-state index contributed by atoms with van der Waals surface area (Å²) < 4.78 is 1.11. The molecule has 0 fully saturated rings. The van der Waals surface area contributed by atoms with Crippen molar-refractivity contribution in [1.82, 2.24) is 4.98 Å². The molecule has 1 heterocycles. The molecule has 3 aromatic rings. The molecule has 1 aromatic heterocycles. The van der Waals surface area contributed by atoms with E-state index in [0.717, 1.165) is 20.8 Å². The Morgan fingerprint density at radius 2 is 1.77 bits per heavy atom. The Kier molecular flexibility index (Phi) is 4.00. The summed E-state index contributed by atoms with van der Waals surface area (Å²) in [6, 6.07) is 10.8. The average Bonchev–Trinajstić information content (AvgIpc) is 2.82. The van der Waals surface area contributed by atoms with Crippen molar-refractivity contribution in [1.29, 1.82) is 0 Å². The molecule has 0 saturated heterocycles. The number of carbonyl (C=O) groups excluding carboxylic acids is 1. The Bertz CT molecular complexity index is 860. The smallest absolute Gasteiger partial charge is 0.308 e. The van der Waals surface area contributed by atoms with Crippen molar-refractivity contribution in [2.75, 3.05) is 10.6 Å². The molecule has 22 heavy (non-hydrogen) atoms. The van der Waals surface area contributed by atoms with Gasteiger partial charge in [-0.15, -0.1) is 11.3 Å². The van der Waals surface area contributed by atoms with Crippen LogP contribution in [0.25, 0.3) is 10.2 Å². The van der Waals surface area contributed by atoms with E-state index in [0.29, 0.717) is 16.4 Å². The Morgan fingerprint density at radius 1 is 1.09 bits per heavy atom. The lowest BCUT2D eigenvalue weighted by Gasteiger charge is -2.08. The van der Waals surface area contributed by atoms with Crippen LogP contribution in [-0.2, 0) is 0 Å². The highest BCUT2D eigenvalue weighted by Crippen LogP contribution is 2.25. The highest BCUT2D eigenvalue weighted by Gasteiger charge is 2.06. The number of amides is 2. The van der Waals surface area contributed by atoms with E-state index in [-0.39, 0.29) is 6.03 Å². The molecule has 2 amide bonds. The highest BCUT2D eigenvalue weighted by molar-refractivity contribution is 7.18. The van der Waals surface area contributed by atoms with Crippen LogP contribution in [0.2, 0.25) is 5.02 Å². The SMILES string of the molecule is Cc1nc2cc(NC(=O)Nc3ccc(C)c(Cl)c3)ccc2s1. The third kappa shape index (κ3) is 3.21. The van der Waals surface area contributed by atoms with Gasteiger partial charge in [0.2, 0.25) is 0 Å². The van der Waals surface area contributed by atoms with Crippen LogP contribution >= 0.6 is 22.9 Å². The number of aryl methyl sites for hydroxylation is 2. The fraction of sp³-hybridized carbons (Fsp3) is 0.125. The Labute approximate surface area is 137 Å². The zero-order chi connectivity index (χ0) is 15.7. The second kappa shape index (κ2) is 5.94. The third-order valence-corrected chi connectivity index (χ3v) is 4.54. The van der Waals surface area contributed by atoms with Gasteiger partial charge in [0.1, 0.15) is 0 Å². The van der Waals surface area contributed by atoms with Crippen molar-refractivity contribution in [3.05, 3.63) is 52.0 Å². The van der Waals surface area contributed by atoms with Gasteiger partial charge in [-0.3, -0.25) is 0 Å². The summed E-state index contributed by atoms with van der Waals surface area (Å²) in [7, 11) is 0. The molecule has 2 N–H and O–H groups in total. The number of rotatable bonds is 2. The summed E-state index contributed by atoms with van der Waals surface area (Å²) >= 11 is 7.68. The van der Waals surface area contributed by atoms with E-state index in [1.807, 2.05) is 44.2 Å². The maximum Gasteiger partial charge on any atom is 0.323 e. The molecule has 0 aliphatic rings. The average molecular weight is 332 g/mol. The number of carbonyl (C=O) groups is 1. The Hall–Kier alpha value is -2.11. The van der Waals surface area contributed by atoms with E-state index < -0.39 is 0 Å². The molecule has 2 aromatic carbocycles. The maximum absolute atomic E-state index is 12.0. The largest absolute Gasteiger partial charge is 0.323 e. The second-order valence-electron chi connectivity index (χ2n) is 4.96. The van der Waals surface area contributed by atoms with Gasteiger partial charge in [-0.05, 0) is 49.7 Å². The molecule has 6 heteroatoms. The first-order valence-corrected chi connectivity index (χ1v) is 7.92. The predicted molar refractivity (Wildman–Crippen MR) is 93.2 cm³/mol. The van der Waals surface area contributed by atoms with Crippen molar-refractivity contribution in [3.8, 4) is 0 Å². The predicted octanol–water partition coefficient (Wildman–Crippen LogP) is 5.21. The zero-order valence-electron chi connectivity index (χ0n) is 12.1. The van der Waals surface area contributed by atoms with Gasteiger partial charge in [-0.25, -0.2) is 9.78 Å². The van der Waals surface area contributed by atoms with Gasteiger partial charge in [0.25, 0.3) is 0 Å². The van der Waals surface area contributed by atoms with E-state index in [4.69, 9.17) is 11.6 Å². The van der Waals surface area contributed by atoms with Crippen molar-refractivity contribution < 1.29 is 4.79 Å². The normalized spacial score (nSPS) is 10.7. The van der Waals surface area contributed by atoms with Gasteiger partial charge in [0.05, 0.1) is 15.2 Å². The number of thiazole rings is 1. The van der Waals surface area contributed by atoms with Crippen LogP contribution < -0.4 is 10.6 Å². The molecule has 0 radical (unpaired) electrons. The van der Waals surface area contributed by atoms with Crippen molar-refractivity contribution >= 4 is 50.6 Å². The number of halogens is 1. The maximum atomic E-state index is 12.0. The molecule has 0 unspecified atom stereocenters. The zero-order valence-corrected chi connectivity index (χ0v) is 13.7. The van der Waals surface area contributed by atoms with Crippen molar-refractivity contribution in [2.45, 2.75) is 13.8 Å². The van der Waals surface area contributed by atoms with Gasteiger partial charge in [-0.1, -0.05) is 17.7 Å². The molecule has 0 saturated carbocycles. The Balaban J connectivity index is 1.73. The number of aromatic nitrogens is 1. The van der Waals surface area contributed by atoms with Gasteiger partial charge in [0, 0.05) is 16.4 Å². The van der Waals surface area contributed by atoms with Crippen LogP contribution in [0.4, 0.5) is 16.2 Å². The quantitative estimate of drug-likeness (QED) is 0.677. The van der Waals surface area contributed by atoms with Gasteiger partial charge in [-0.2, -0.15) is 0 Å². The number of benzene rings is 2. The number of fused-ring (bicyclic) bond motifs is 1. The first-order chi connectivity index (χ1) is 10.5. The van der Waals surface area contributed by atoms with Crippen LogP contribution in [-0.4, -0.2) is 11.0 Å². The summed E-state index contributed by atoms with van der Waals surface area (Å²) in [5.74, 6) is 0. The van der Waals surface area contributed by atoms with Crippen LogP contribution in [0.1, 0.15) is 10.6 Å². The van der Waals surface area contributed by atoms with E-state index in [1.165, 1.54) is 0 Å². The number of nitrogens with zero attached hydrogens (tertiary/aromatic N) is 1. The minimum Gasteiger partial charge on any atom is -0.308 e. The fourth-order valence-electron chi connectivity index (χ4n) is 2.08. The van der Waals surface area contributed by atoms with Crippen LogP contribution in [0, 0.1) is 13.8 Å². The number of anilines is 2. The molecule has 0 aliphatic heterocycles. The molecule has 0 bridgehead atoms. The summed E-state index contributed by atoms with van der Waals surface area (Å²) in [6.07, 6.45) is 0. The molecule has 112 valence electrons. The number of nitrogens with one attached hydrogen (secondary N) is 2. The minimum atomic E-state index is -0.314. The van der Waals surface area contributed by atoms with E-state index in [2.05, 4.69) is 15.6 Å². The molecule has 4 nitrogen and oxygen atoms in total. The topological polar surface area (TPSA) is 54.0 Å². The third-order valence-electron chi connectivity index (χ3n) is 3.18. The molecule has 3 rings (SSSR count). The van der Waals surface area contributed by atoms with E-state index in [1.54, 1.807) is 17.4 Å². The fourth-order valence-corrected chi connectivity index (χ4v) is 3.07. The standard InChI is InChI=1S/C16H14ClN3OS/c1-9-3-4-11(7-13(9)17)19-16(21)20-12-5-6-15-14(8-12)18-10(2)22-15/h3-8H,1-2H3,(H2,19,20,21). The number of hydrogen-bond acceptors (Lipinski definition) is 3. The molecule has 0 spiro atoms.